The Bertz CT molecular complexity index is 1250. The summed E-state index contributed by atoms with van der Waals surface area (Å²) in [6, 6.07) is 12.0. The second-order valence-electron chi connectivity index (χ2n) is 7.55. The monoisotopic (exact) mass is 433 g/mol. The van der Waals surface area contributed by atoms with Crippen molar-refractivity contribution in [3.63, 3.8) is 0 Å². The number of nitrogens with zero attached hydrogens (tertiary/aromatic N) is 2. The number of aryl methyl sites for hydroxylation is 1. The van der Waals surface area contributed by atoms with E-state index in [9.17, 15) is 13.2 Å². The number of thiazole rings is 1. The van der Waals surface area contributed by atoms with Crippen LogP contribution in [0.25, 0.3) is 10.2 Å². The number of methoxy groups -OCH3 is 1. The molecule has 29 heavy (non-hydrogen) atoms. The molecule has 1 heterocycles. The van der Waals surface area contributed by atoms with Crippen molar-refractivity contribution < 1.29 is 17.9 Å². The van der Waals surface area contributed by atoms with Gasteiger partial charge in [0.05, 0.1) is 17.3 Å². The molecule has 0 unspecified atom stereocenters. The van der Waals surface area contributed by atoms with Gasteiger partial charge >= 0.3 is 0 Å². The van der Waals surface area contributed by atoms with Crippen LogP contribution in [-0.2, 0) is 17.1 Å². The summed E-state index contributed by atoms with van der Waals surface area (Å²) in [7, 11) is -0.671. The van der Waals surface area contributed by atoms with Crippen molar-refractivity contribution in [3.8, 4) is 5.75 Å². The Morgan fingerprint density at radius 1 is 1.17 bits per heavy atom. The number of nitrogens with one attached hydrogen (secondary N) is 1. The van der Waals surface area contributed by atoms with Crippen LogP contribution in [0.1, 0.15) is 31.1 Å². The molecule has 0 spiro atoms. The molecule has 2 aromatic carbocycles. The van der Waals surface area contributed by atoms with Gasteiger partial charge in [0.2, 0.25) is 10.0 Å². The molecule has 1 amide bonds. The van der Waals surface area contributed by atoms with E-state index < -0.39 is 21.5 Å². The summed E-state index contributed by atoms with van der Waals surface area (Å²) >= 11 is 1.39. The average molecular weight is 434 g/mol. The lowest BCUT2D eigenvalue weighted by Crippen LogP contribution is -2.40. The normalized spacial score (nSPS) is 13.1. The minimum atomic E-state index is -3.89. The van der Waals surface area contributed by atoms with Crippen molar-refractivity contribution in [3.05, 3.63) is 52.8 Å². The number of amides is 1. The fourth-order valence-electron chi connectivity index (χ4n) is 2.82. The van der Waals surface area contributed by atoms with Gasteiger partial charge in [0, 0.05) is 18.2 Å². The van der Waals surface area contributed by atoms with Crippen molar-refractivity contribution in [1.82, 2.24) is 9.29 Å². The molecule has 3 rings (SSSR count). The molecule has 0 fully saturated rings. The molecule has 7 nitrogen and oxygen atoms in total. The molecule has 0 radical (unpaired) electrons. The number of para-hydroxylation sites is 1. The maximum Gasteiger partial charge on any atom is 0.279 e. The zero-order valence-electron chi connectivity index (χ0n) is 16.9. The van der Waals surface area contributed by atoms with Gasteiger partial charge in [-0.2, -0.15) is 4.99 Å². The van der Waals surface area contributed by atoms with Gasteiger partial charge in [0.25, 0.3) is 5.91 Å². The van der Waals surface area contributed by atoms with Crippen molar-refractivity contribution in [2.24, 2.45) is 12.0 Å². The van der Waals surface area contributed by atoms with E-state index in [1.165, 1.54) is 36.6 Å². The number of rotatable bonds is 4. The minimum Gasteiger partial charge on any atom is -0.495 e. The summed E-state index contributed by atoms with van der Waals surface area (Å²) in [4.78, 5) is 17.4. The molecule has 1 N–H and O–H groups in total. The van der Waals surface area contributed by atoms with E-state index in [0.717, 1.165) is 10.2 Å². The lowest BCUT2D eigenvalue weighted by Gasteiger charge is -2.21. The van der Waals surface area contributed by atoms with Gasteiger partial charge in [0.1, 0.15) is 10.6 Å². The first-order chi connectivity index (χ1) is 13.5. The number of benzene rings is 2. The van der Waals surface area contributed by atoms with Gasteiger partial charge in [0.15, 0.2) is 4.80 Å². The molecule has 0 bridgehead atoms. The van der Waals surface area contributed by atoms with Gasteiger partial charge < -0.3 is 9.30 Å². The van der Waals surface area contributed by atoms with E-state index in [1.807, 2.05) is 35.9 Å². The summed E-state index contributed by atoms with van der Waals surface area (Å²) in [5, 5.41) is 0. The number of hydrogen-bond acceptors (Lipinski definition) is 5. The van der Waals surface area contributed by atoms with Gasteiger partial charge in [-0.15, -0.1) is 0 Å². The molecule has 9 heteroatoms. The molecule has 3 aromatic rings. The Labute approximate surface area is 173 Å². The highest BCUT2D eigenvalue weighted by molar-refractivity contribution is 7.89. The Hall–Kier alpha value is -2.49. The van der Waals surface area contributed by atoms with Gasteiger partial charge in [-0.1, -0.05) is 23.5 Å². The van der Waals surface area contributed by atoms with Gasteiger partial charge in [-0.05, 0) is 51.1 Å². The quantitative estimate of drug-likeness (QED) is 0.685. The number of aromatic nitrogens is 1. The van der Waals surface area contributed by atoms with E-state index in [-0.39, 0.29) is 16.2 Å². The van der Waals surface area contributed by atoms with E-state index in [4.69, 9.17) is 4.74 Å². The molecule has 0 aliphatic heterocycles. The van der Waals surface area contributed by atoms with Crippen LogP contribution >= 0.6 is 11.3 Å². The number of carbonyl (C=O) groups excluding carboxylic acids is 1. The van der Waals surface area contributed by atoms with Crippen molar-refractivity contribution in [2.75, 3.05) is 7.11 Å². The summed E-state index contributed by atoms with van der Waals surface area (Å²) in [5.41, 5.74) is 0.452. The van der Waals surface area contributed by atoms with Gasteiger partial charge in [-0.3, -0.25) is 4.79 Å². The predicted molar refractivity (Wildman–Crippen MR) is 114 cm³/mol. The lowest BCUT2D eigenvalue weighted by atomic mass is 10.1. The summed E-state index contributed by atoms with van der Waals surface area (Å²) in [6.07, 6.45) is 0. The van der Waals surface area contributed by atoms with Crippen LogP contribution in [0.5, 0.6) is 5.75 Å². The highest BCUT2D eigenvalue weighted by atomic mass is 32.2. The smallest absolute Gasteiger partial charge is 0.279 e. The van der Waals surface area contributed by atoms with Crippen molar-refractivity contribution in [1.29, 1.82) is 0 Å². The first-order valence-corrected chi connectivity index (χ1v) is 11.2. The molecule has 0 aliphatic rings. The highest BCUT2D eigenvalue weighted by Crippen LogP contribution is 2.26. The van der Waals surface area contributed by atoms with Gasteiger partial charge in [-0.25, -0.2) is 13.1 Å². The average Bonchev–Trinajstić information content (AvgIpc) is 2.95. The Morgan fingerprint density at radius 3 is 2.48 bits per heavy atom. The van der Waals surface area contributed by atoms with Crippen LogP contribution in [0.15, 0.2) is 52.4 Å². The maximum atomic E-state index is 12.8. The Balaban J connectivity index is 2.07. The zero-order valence-corrected chi connectivity index (χ0v) is 18.5. The number of ether oxygens (including phenoxy) is 1. The number of carbonyl (C=O) groups is 1. The Morgan fingerprint density at radius 2 is 1.86 bits per heavy atom. The van der Waals surface area contributed by atoms with Crippen LogP contribution < -0.4 is 14.3 Å². The molecular formula is C20H23N3O4S2. The second kappa shape index (κ2) is 7.74. The van der Waals surface area contributed by atoms with E-state index in [1.54, 1.807) is 20.8 Å². The van der Waals surface area contributed by atoms with Crippen LogP contribution in [0.2, 0.25) is 0 Å². The second-order valence-corrected chi connectivity index (χ2v) is 10.2. The third kappa shape index (κ3) is 4.58. The van der Waals surface area contributed by atoms with Crippen LogP contribution in [0.4, 0.5) is 0 Å². The summed E-state index contributed by atoms with van der Waals surface area (Å²) in [6.45, 7) is 5.22. The van der Waals surface area contributed by atoms with Crippen molar-refractivity contribution in [2.45, 2.75) is 31.2 Å². The van der Waals surface area contributed by atoms with Crippen molar-refractivity contribution >= 4 is 37.5 Å². The van der Waals surface area contributed by atoms with Crippen LogP contribution in [0, 0.1) is 0 Å². The zero-order chi connectivity index (χ0) is 21.4. The molecule has 0 saturated heterocycles. The predicted octanol–water partition coefficient (Wildman–Crippen LogP) is 3.07. The Kier molecular flexibility index (Phi) is 5.66. The summed E-state index contributed by atoms with van der Waals surface area (Å²) in [5.74, 6) is -0.368. The number of hydrogen-bond donors (Lipinski definition) is 1. The minimum absolute atomic E-state index is 0.100. The molecule has 154 valence electrons. The largest absolute Gasteiger partial charge is 0.495 e. The SMILES string of the molecule is COc1ccc(C(=O)N=c2sc3ccccc3n2C)cc1S(=O)(=O)NC(C)(C)C. The fraction of sp³-hybridized carbons (Fsp3) is 0.300. The molecule has 0 atom stereocenters. The van der Waals surface area contributed by atoms with E-state index in [0.29, 0.717) is 4.80 Å². The summed E-state index contributed by atoms with van der Waals surface area (Å²) < 4.78 is 36.2. The maximum absolute atomic E-state index is 12.8. The number of sulfonamides is 1. The van der Waals surface area contributed by atoms with Crippen LogP contribution in [-0.4, -0.2) is 31.5 Å². The van der Waals surface area contributed by atoms with E-state index >= 15 is 0 Å². The highest BCUT2D eigenvalue weighted by Gasteiger charge is 2.26. The lowest BCUT2D eigenvalue weighted by molar-refractivity contribution is 0.0997. The molecule has 1 aromatic heterocycles. The third-order valence-electron chi connectivity index (χ3n) is 4.05. The first kappa shape index (κ1) is 21.2. The van der Waals surface area contributed by atoms with Crippen LogP contribution in [0.3, 0.4) is 0 Å². The fourth-order valence-corrected chi connectivity index (χ4v) is 5.45. The standard InChI is InChI=1S/C20H23N3O4S2/c1-20(2,3)22-29(25,26)17-12-13(10-11-15(17)27-5)18(24)21-19-23(4)14-8-6-7-9-16(14)28-19/h6-12,22H,1-5H3. The third-order valence-corrected chi connectivity index (χ3v) is 6.94. The molecule has 0 aliphatic carbocycles. The molecule has 0 saturated carbocycles. The number of fused-ring (bicyclic) bond motifs is 1. The topological polar surface area (TPSA) is 89.8 Å². The first-order valence-electron chi connectivity index (χ1n) is 8.87. The van der Waals surface area contributed by atoms with E-state index in [2.05, 4.69) is 9.71 Å². The molecular weight excluding hydrogens is 410 g/mol.